The van der Waals surface area contributed by atoms with E-state index in [4.69, 9.17) is 0 Å². The molecule has 1 aliphatic heterocycles. The summed E-state index contributed by atoms with van der Waals surface area (Å²) in [5, 5.41) is 6.15. The first-order valence-electron chi connectivity index (χ1n) is 6.14. The number of benzene rings is 1. The van der Waals surface area contributed by atoms with Crippen LogP contribution in [-0.2, 0) is 0 Å². The molecule has 1 aromatic rings. The van der Waals surface area contributed by atoms with Crippen LogP contribution in [0.25, 0.3) is 0 Å². The third-order valence-electron chi connectivity index (χ3n) is 3.07. The first-order chi connectivity index (χ1) is 8.68. The fraction of sp³-hybridized carbons (Fsp3) is 0.462. The highest BCUT2D eigenvalue weighted by Crippen LogP contribution is 2.19. The molecule has 0 saturated carbocycles. The van der Waals surface area contributed by atoms with Gasteiger partial charge < -0.3 is 10.6 Å². The molecule has 1 aromatic carbocycles. The van der Waals surface area contributed by atoms with Gasteiger partial charge in [0.25, 0.3) is 5.91 Å². The summed E-state index contributed by atoms with van der Waals surface area (Å²) in [5.41, 5.74) is 0.0850. The van der Waals surface area contributed by atoms with Gasteiger partial charge in [-0.3, -0.25) is 4.79 Å². The fourth-order valence-corrected chi connectivity index (χ4v) is 2.64. The number of hydrogen-bond donors (Lipinski definition) is 2. The third kappa shape index (κ3) is 3.29. The molecule has 0 aliphatic carbocycles. The fourth-order valence-electron chi connectivity index (χ4n) is 2.11. The zero-order valence-electron chi connectivity index (χ0n) is 10.0. The lowest BCUT2D eigenvalue weighted by atomic mass is 10.1. The van der Waals surface area contributed by atoms with E-state index in [9.17, 15) is 9.18 Å². The maximum absolute atomic E-state index is 13.6. The number of carbonyl (C=O) groups excluding carboxylic acids is 1. The number of rotatable bonds is 2. The summed E-state index contributed by atoms with van der Waals surface area (Å²) in [4.78, 5) is 12.1. The van der Waals surface area contributed by atoms with Crippen LogP contribution in [0.15, 0.2) is 22.7 Å². The summed E-state index contributed by atoms with van der Waals surface area (Å²) < 4.78 is 14.1. The van der Waals surface area contributed by atoms with Crippen LogP contribution in [0.3, 0.4) is 0 Å². The molecule has 0 aromatic heterocycles. The number of amides is 1. The van der Waals surface area contributed by atoms with Gasteiger partial charge in [-0.1, -0.05) is 12.5 Å². The van der Waals surface area contributed by atoms with E-state index in [1.165, 1.54) is 6.07 Å². The van der Waals surface area contributed by atoms with Gasteiger partial charge in [-0.2, -0.15) is 0 Å². The van der Waals surface area contributed by atoms with Crippen LogP contribution >= 0.6 is 15.9 Å². The van der Waals surface area contributed by atoms with Gasteiger partial charge in [0.2, 0.25) is 0 Å². The molecule has 1 saturated heterocycles. The molecule has 1 aliphatic rings. The zero-order valence-corrected chi connectivity index (χ0v) is 11.6. The Morgan fingerprint density at radius 2 is 2.28 bits per heavy atom. The minimum absolute atomic E-state index is 0.0755. The van der Waals surface area contributed by atoms with Crippen molar-refractivity contribution in [3.63, 3.8) is 0 Å². The van der Waals surface area contributed by atoms with Crippen molar-refractivity contribution in [2.24, 2.45) is 0 Å². The molecule has 98 valence electrons. The lowest BCUT2D eigenvalue weighted by molar-refractivity contribution is 0.0930. The smallest absolute Gasteiger partial charge is 0.255 e. The molecular formula is C13H16BrFN2O. The first kappa shape index (κ1) is 13.5. The second-order valence-corrected chi connectivity index (χ2v) is 5.32. The van der Waals surface area contributed by atoms with Crippen molar-refractivity contribution in [2.75, 3.05) is 13.1 Å². The summed E-state index contributed by atoms with van der Waals surface area (Å²) in [6, 6.07) is 4.61. The second-order valence-electron chi connectivity index (χ2n) is 4.47. The quantitative estimate of drug-likeness (QED) is 0.880. The van der Waals surface area contributed by atoms with Crippen molar-refractivity contribution in [3.05, 3.63) is 34.1 Å². The minimum Gasteiger partial charge on any atom is -0.348 e. The van der Waals surface area contributed by atoms with Crippen molar-refractivity contribution in [1.29, 1.82) is 0 Å². The van der Waals surface area contributed by atoms with Crippen molar-refractivity contribution < 1.29 is 9.18 Å². The lowest BCUT2D eigenvalue weighted by Gasteiger charge is -2.17. The topological polar surface area (TPSA) is 41.1 Å². The van der Waals surface area contributed by atoms with Gasteiger partial charge in [-0.05, 0) is 47.4 Å². The average molecular weight is 315 g/mol. The van der Waals surface area contributed by atoms with Gasteiger partial charge in [-0.25, -0.2) is 4.39 Å². The van der Waals surface area contributed by atoms with Gasteiger partial charge in [0.05, 0.1) is 5.56 Å². The standard InChI is InChI=1S/C13H16BrFN2O/c14-10-5-3-6-11(15)12(10)13(18)17-9-4-1-2-7-16-8-9/h3,5-6,9,16H,1-2,4,7-8H2,(H,17,18). The van der Waals surface area contributed by atoms with Crippen LogP contribution in [0.2, 0.25) is 0 Å². The Hall–Kier alpha value is -0.940. The van der Waals surface area contributed by atoms with Crippen molar-refractivity contribution in [1.82, 2.24) is 10.6 Å². The minimum atomic E-state index is -0.497. The van der Waals surface area contributed by atoms with Crippen LogP contribution in [0.1, 0.15) is 29.6 Å². The molecule has 1 unspecified atom stereocenters. The third-order valence-corrected chi connectivity index (χ3v) is 3.73. The Morgan fingerprint density at radius 1 is 1.44 bits per heavy atom. The largest absolute Gasteiger partial charge is 0.348 e. The van der Waals surface area contributed by atoms with Crippen LogP contribution in [-0.4, -0.2) is 25.0 Å². The maximum Gasteiger partial charge on any atom is 0.255 e. The molecule has 2 N–H and O–H groups in total. The summed E-state index contributed by atoms with van der Waals surface area (Å²) in [6.07, 6.45) is 3.14. The Bertz CT molecular complexity index is 411. The van der Waals surface area contributed by atoms with E-state index in [2.05, 4.69) is 26.6 Å². The normalized spacial score (nSPS) is 20.2. The summed E-state index contributed by atoms with van der Waals surface area (Å²) in [6.45, 7) is 1.73. The van der Waals surface area contributed by atoms with Crippen LogP contribution in [0.4, 0.5) is 4.39 Å². The Morgan fingerprint density at radius 3 is 3.06 bits per heavy atom. The summed E-state index contributed by atoms with van der Waals surface area (Å²) >= 11 is 3.21. The van der Waals surface area contributed by atoms with E-state index in [0.29, 0.717) is 4.47 Å². The van der Waals surface area contributed by atoms with Gasteiger partial charge in [0, 0.05) is 17.1 Å². The second kappa shape index (κ2) is 6.29. The van der Waals surface area contributed by atoms with Crippen LogP contribution < -0.4 is 10.6 Å². The Kier molecular flexibility index (Phi) is 4.72. The highest BCUT2D eigenvalue weighted by molar-refractivity contribution is 9.10. The van der Waals surface area contributed by atoms with Crippen molar-refractivity contribution in [2.45, 2.75) is 25.3 Å². The van der Waals surface area contributed by atoms with E-state index >= 15 is 0 Å². The molecular weight excluding hydrogens is 299 g/mol. The molecule has 1 atom stereocenters. The highest BCUT2D eigenvalue weighted by Gasteiger charge is 2.19. The average Bonchev–Trinajstić information content (AvgIpc) is 2.57. The Labute approximate surface area is 114 Å². The van der Waals surface area contributed by atoms with Crippen LogP contribution in [0.5, 0.6) is 0 Å². The molecule has 0 bridgehead atoms. The number of halogens is 2. The van der Waals surface area contributed by atoms with Gasteiger partial charge >= 0.3 is 0 Å². The van der Waals surface area contributed by atoms with Gasteiger partial charge in [-0.15, -0.1) is 0 Å². The van der Waals surface area contributed by atoms with Crippen molar-refractivity contribution >= 4 is 21.8 Å². The van der Waals surface area contributed by atoms with E-state index in [0.717, 1.165) is 32.4 Å². The molecule has 0 radical (unpaired) electrons. The number of carbonyl (C=O) groups is 1. The molecule has 0 spiro atoms. The molecule has 5 heteroatoms. The maximum atomic E-state index is 13.6. The number of hydrogen-bond acceptors (Lipinski definition) is 2. The van der Waals surface area contributed by atoms with E-state index < -0.39 is 5.82 Å². The first-order valence-corrected chi connectivity index (χ1v) is 6.93. The SMILES string of the molecule is O=C(NC1CCCCNC1)c1c(F)cccc1Br. The summed E-state index contributed by atoms with van der Waals surface area (Å²) in [7, 11) is 0. The zero-order chi connectivity index (χ0) is 13.0. The monoisotopic (exact) mass is 314 g/mol. The van der Waals surface area contributed by atoms with E-state index in [1.54, 1.807) is 12.1 Å². The molecule has 1 amide bonds. The lowest BCUT2D eigenvalue weighted by Crippen LogP contribution is -2.41. The molecule has 1 fully saturated rings. The van der Waals surface area contributed by atoms with Gasteiger partial charge in [0.15, 0.2) is 0 Å². The highest BCUT2D eigenvalue weighted by atomic mass is 79.9. The van der Waals surface area contributed by atoms with E-state index in [-0.39, 0.29) is 17.5 Å². The molecule has 2 rings (SSSR count). The summed E-state index contributed by atoms with van der Waals surface area (Å²) in [5.74, 6) is -0.850. The Balaban J connectivity index is 2.07. The molecule has 1 heterocycles. The van der Waals surface area contributed by atoms with Crippen LogP contribution in [0, 0.1) is 5.82 Å². The molecule has 3 nitrogen and oxygen atoms in total. The van der Waals surface area contributed by atoms with Crippen molar-refractivity contribution in [3.8, 4) is 0 Å². The predicted molar refractivity (Wildman–Crippen MR) is 72.1 cm³/mol. The predicted octanol–water partition coefficient (Wildman–Crippen LogP) is 2.46. The molecule has 18 heavy (non-hydrogen) atoms. The number of nitrogens with one attached hydrogen (secondary N) is 2. The van der Waals surface area contributed by atoms with E-state index in [1.807, 2.05) is 0 Å². The van der Waals surface area contributed by atoms with Gasteiger partial charge in [0.1, 0.15) is 5.82 Å².